The van der Waals surface area contributed by atoms with Gasteiger partial charge in [-0.15, -0.1) is 0 Å². The van der Waals surface area contributed by atoms with Crippen molar-refractivity contribution in [2.75, 3.05) is 19.6 Å². The Morgan fingerprint density at radius 1 is 1.27 bits per heavy atom. The Balaban J connectivity index is 1.31. The number of hydrogen-bond acceptors (Lipinski definition) is 4. The Bertz CT molecular complexity index is 843. The van der Waals surface area contributed by atoms with E-state index in [-0.39, 0.29) is 5.91 Å². The first-order chi connectivity index (χ1) is 12.8. The highest BCUT2D eigenvalue weighted by molar-refractivity contribution is 5.93. The molecule has 3 aromatic rings. The van der Waals surface area contributed by atoms with Gasteiger partial charge in [-0.1, -0.05) is 18.2 Å². The molecule has 6 heteroatoms. The second-order valence-corrected chi connectivity index (χ2v) is 6.96. The molecule has 3 heterocycles. The number of nitrogens with one attached hydrogen (secondary N) is 2. The summed E-state index contributed by atoms with van der Waals surface area (Å²) in [6.07, 6.45) is 6.83. The summed E-state index contributed by atoms with van der Waals surface area (Å²) < 4.78 is 0. The largest absolute Gasteiger partial charge is 0.357 e. The van der Waals surface area contributed by atoms with Crippen LogP contribution in [-0.2, 0) is 6.54 Å². The summed E-state index contributed by atoms with van der Waals surface area (Å²) in [4.78, 5) is 25.9. The lowest BCUT2D eigenvalue weighted by atomic mass is 9.97. The van der Waals surface area contributed by atoms with Crippen molar-refractivity contribution in [2.24, 2.45) is 5.92 Å². The van der Waals surface area contributed by atoms with E-state index in [1.165, 1.54) is 22.9 Å². The summed E-state index contributed by atoms with van der Waals surface area (Å²) in [6.45, 7) is 3.72. The number of H-pyrrole nitrogens is 1. The zero-order valence-corrected chi connectivity index (χ0v) is 14.7. The average molecular weight is 349 g/mol. The van der Waals surface area contributed by atoms with E-state index >= 15 is 0 Å². The third-order valence-corrected chi connectivity index (χ3v) is 4.96. The molecule has 0 aliphatic carbocycles. The van der Waals surface area contributed by atoms with Crippen LogP contribution in [0.25, 0.3) is 10.9 Å². The van der Waals surface area contributed by atoms with E-state index in [2.05, 4.69) is 55.5 Å². The van der Waals surface area contributed by atoms with Crippen LogP contribution < -0.4 is 5.32 Å². The molecule has 1 aromatic carbocycles. The molecule has 0 bridgehead atoms. The normalized spacial score (nSPS) is 18.1. The number of carbonyl (C=O) groups excluding carboxylic acids is 1. The molecule has 26 heavy (non-hydrogen) atoms. The van der Waals surface area contributed by atoms with Crippen molar-refractivity contribution in [3.63, 3.8) is 0 Å². The Kier molecular flexibility index (Phi) is 4.93. The number of nitrogens with zero attached hydrogens (tertiary/aromatic N) is 3. The number of piperidine rings is 1. The predicted molar refractivity (Wildman–Crippen MR) is 101 cm³/mol. The van der Waals surface area contributed by atoms with Gasteiger partial charge < -0.3 is 10.3 Å². The van der Waals surface area contributed by atoms with Gasteiger partial charge in [0, 0.05) is 43.2 Å². The number of likely N-dealkylation sites (tertiary alicyclic amines) is 1. The van der Waals surface area contributed by atoms with Crippen LogP contribution in [0.15, 0.2) is 49.1 Å². The highest BCUT2D eigenvalue weighted by atomic mass is 16.1. The number of rotatable bonds is 5. The van der Waals surface area contributed by atoms with Gasteiger partial charge >= 0.3 is 0 Å². The number of aromatic amines is 1. The van der Waals surface area contributed by atoms with Gasteiger partial charge in [0.05, 0.1) is 5.56 Å². The Labute approximate surface area is 152 Å². The molecule has 1 saturated heterocycles. The van der Waals surface area contributed by atoms with Gasteiger partial charge in [0.2, 0.25) is 0 Å². The van der Waals surface area contributed by atoms with Crippen LogP contribution in [0, 0.1) is 5.92 Å². The number of para-hydroxylation sites is 1. The molecule has 1 fully saturated rings. The molecule has 4 rings (SSSR count). The number of hydrogen-bond donors (Lipinski definition) is 2. The minimum Gasteiger partial charge on any atom is -0.357 e. The minimum absolute atomic E-state index is 0.0988. The number of carbonyl (C=O) groups is 1. The van der Waals surface area contributed by atoms with Crippen LogP contribution in [0.5, 0.6) is 0 Å². The van der Waals surface area contributed by atoms with Crippen molar-refractivity contribution in [3.05, 3.63) is 60.3 Å². The second kappa shape index (κ2) is 7.66. The van der Waals surface area contributed by atoms with E-state index < -0.39 is 0 Å². The van der Waals surface area contributed by atoms with Crippen LogP contribution in [-0.4, -0.2) is 45.4 Å². The van der Waals surface area contributed by atoms with Crippen molar-refractivity contribution in [1.82, 2.24) is 25.2 Å². The molecule has 2 aromatic heterocycles. The first kappa shape index (κ1) is 16.7. The van der Waals surface area contributed by atoms with Gasteiger partial charge in [0.25, 0.3) is 5.91 Å². The van der Waals surface area contributed by atoms with E-state index in [1.807, 2.05) is 0 Å². The van der Waals surface area contributed by atoms with E-state index in [1.54, 1.807) is 12.4 Å². The van der Waals surface area contributed by atoms with Crippen molar-refractivity contribution >= 4 is 16.8 Å². The summed E-state index contributed by atoms with van der Waals surface area (Å²) >= 11 is 0. The fourth-order valence-corrected chi connectivity index (χ4v) is 3.68. The van der Waals surface area contributed by atoms with Gasteiger partial charge in [-0.3, -0.25) is 9.69 Å². The van der Waals surface area contributed by atoms with Gasteiger partial charge in [-0.2, -0.15) is 0 Å². The summed E-state index contributed by atoms with van der Waals surface area (Å²) in [7, 11) is 0. The molecule has 2 N–H and O–H groups in total. The lowest BCUT2D eigenvalue weighted by molar-refractivity contribution is 0.0929. The van der Waals surface area contributed by atoms with Crippen molar-refractivity contribution in [2.45, 2.75) is 19.4 Å². The molecule has 1 aliphatic heterocycles. The number of benzene rings is 1. The minimum atomic E-state index is -0.0988. The van der Waals surface area contributed by atoms with Crippen LogP contribution >= 0.6 is 0 Å². The van der Waals surface area contributed by atoms with Crippen molar-refractivity contribution in [3.8, 4) is 0 Å². The van der Waals surface area contributed by atoms with Crippen LogP contribution in [0.4, 0.5) is 0 Å². The van der Waals surface area contributed by atoms with E-state index in [0.29, 0.717) is 18.0 Å². The standard InChI is InChI=1S/C20H23N5O/c26-20(17-10-21-14-22-11-17)23-9-15-4-3-7-25(12-15)13-18-8-16-5-1-2-6-19(16)24-18/h1-2,5-6,8,10-11,14-15,24H,3-4,7,9,12-13H2,(H,23,26). The smallest absolute Gasteiger partial charge is 0.254 e. The average Bonchev–Trinajstić information content (AvgIpc) is 3.09. The predicted octanol–water partition coefficient (Wildman–Crippen LogP) is 2.60. The molecular formula is C20H23N5O. The summed E-state index contributed by atoms with van der Waals surface area (Å²) in [5.74, 6) is 0.375. The summed E-state index contributed by atoms with van der Waals surface area (Å²) in [6, 6.07) is 10.6. The maximum Gasteiger partial charge on any atom is 0.254 e. The molecule has 1 amide bonds. The lowest BCUT2D eigenvalue weighted by Crippen LogP contribution is -2.40. The van der Waals surface area contributed by atoms with Crippen molar-refractivity contribution in [1.29, 1.82) is 0 Å². The topological polar surface area (TPSA) is 73.9 Å². The first-order valence-electron chi connectivity index (χ1n) is 9.10. The SMILES string of the molecule is O=C(NCC1CCCN(Cc2cc3ccccc3[nH]2)C1)c1cncnc1. The molecule has 0 radical (unpaired) electrons. The maximum absolute atomic E-state index is 12.1. The zero-order valence-electron chi connectivity index (χ0n) is 14.7. The Morgan fingerprint density at radius 3 is 2.96 bits per heavy atom. The van der Waals surface area contributed by atoms with Crippen LogP contribution in [0.1, 0.15) is 28.9 Å². The third kappa shape index (κ3) is 3.91. The van der Waals surface area contributed by atoms with E-state index in [0.717, 1.165) is 32.5 Å². The van der Waals surface area contributed by atoms with E-state index in [4.69, 9.17) is 0 Å². The third-order valence-electron chi connectivity index (χ3n) is 4.96. The molecule has 1 unspecified atom stereocenters. The molecule has 0 saturated carbocycles. The maximum atomic E-state index is 12.1. The fourth-order valence-electron chi connectivity index (χ4n) is 3.68. The van der Waals surface area contributed by atoms with Crippen LogP contribution in [0.2, 0.25) is 0 Å². The molecule has 1 aliphatic rings. The molecular weight excluding hydrogens is 326 g/mol. The summed E-state index contributed by atoms with van der Waals surface area (Å²) in [5, 5.41) is 4.28. The van der Waals surface area contributed by atoms with Crippen LogP contribution in [0.3, 0.4) is 0 Å². The monoisotopic (exact) mass is 349 g/mol. The first-order valence-corrected chi connectivity index (χ1v) is 9.10. The van der Waals surface area contributed by atoms with Gasteiger partial charge in [0.15, 0.2) is 0 Å². The zero-order chi connectivity index (χ0) is 17.8. The number of fused-ring (bicyclic) bond motifs is 1. The van der Waals surface area contributed by atoms with Gasteiger partial charge in [0.1, 0.15) is 6.33 Å². The molecule has 134 valence electrons. The van der Waals surface area contributed by atoms with Crippen molar-refractivity contribution < 1.29 is 4.79 Å². The number of aromatic nitrogens is 3. The molecule has 1 atom stereocenters. The quantitative estimate of drug-likeness (QED) is 0.742. The Hall–Kier alpha value is -2.73. The fraction of sp³-hybridized carbons (Fsp3) is 0.350. The van der Waals surface area contributed by atoms with Gasteiger partial charge in [-0.25, -0.2) is 9.97 Å². The Morgan fingerprint density at radius 2 is 2.12 bits per heavy atom. The lowest BCUT2D eigenvalue weighted by Gasteiger charge is -2.32. The summed E-state index contributed by atoms with van der Waals surface area (Å²) in [5.41, 5.74) is 2.95. The highest BCUT2D eigenvalue weighted by Gasteiger charge is 2.21. The van der Waals surface area contributed by atoms with Gasteiger partial charge in [-0.05, 0) is 42.8 Å². The number of amides is 1. The van der Waals surface area contributed by atoms with E-state index in [9.17, 15) is 4.79 Å². The molecule has 0 spiro atoms. The molecule has 6 nitrogen and oxygen atoms in total. The second-order valence-electron chi connectivity index (χ2n) is 6.96. The highest BCUT2D eigenvalue weighted by Crippen LogP contribution is 2.20.